The first-order valence-corrected chi connectivity index (χ1v) is 7.53. The third-order valence-electron chi connectivity index (χ3n) is 2.83. The molecule has 0 spiro atoms. The van der Waals surface area contributed by atoms with Crippen molar-refractivity contribution in [1.82, 2.24) is 0 Å². The molecule has 0 heterocycles. The van der Waals surface area contributed by atoms with E-state index in [9.17, 15) is 14.0 Å². The number of carbonyl (C=O) groups excluding carboxylic acids is 2. The van der Waals surface area contributed by atoms with Crippen molar-refractivity contribution in [3.63, 3.8) is 0 Å². The van der Waals surface area contributed by atoms with E-state index >= 15 is 0 Å². The Morgan fingerprint density at radius 3 is 2.64 bits per heavy atom. The maximum absolute atomic E-state index is 13.2. The summed E-state index contributed by atoms with van der Waals surface area (Å²) in [4.78, 5) is 23.3. The van der Waals surface area contributed by atoms with Crippen LogP contribution in [0.1, 0.15) is 17.3 Å². The highest BCUT2D eigenvalue weighted by Crippen LogP contribution is 2.21. The molecule has 0 bridgehead atoms. The Labute approximate surface area is 140 Å². The molecule has 6 heteroatoms. The van der Waals surface area contributed by atoms with E-state index in [1.165, 1.54) is 19.1 Å². The van der Waals surface area contributed by atoms with Crippen LogP contribution in [-0.2, 0) is 4.79 Å². The molecule has 4 nitrogen and oxygen atoms in total. The fourth-order valence-corrected chi connectivity index (χ4v) is 2.32. The predicted molar refractivity (Wildman–Crippen MR) is 89.7 cm³/mol. The number of benzene rings is 2. The van der Waals surface area contributed by atoms with Crippen molar-refractivity contribution < 1.29 is 18.7 Å². The topological polar surface area (TPSA) is 55.4 Å². The fourth-order valence-electron chi connectivity index (χ4n) is 1.80. The second-order valence-electron chi connectivity index (χ2n) is 4.51. The quantitative estimate of drug-likeness (QED) is 0.602. The smallest absolute Gasteiger partial charge is 0.262 e. The number of anilines is 1. The van der Waals surface area contributed by atoms with Gasteiger partial charge in [-0.1, -0.05) is 12.1 Å². The first kappa shape index (κ1) is 16.4. The number of nitrogens with one attached hydrogen (secondary N) is 1. The molecule has 2 aromatic carbocycles. The van der Waals surface area contributed by atoms with Crippen molar-refractivity contribution in [2.75, 3.05) is 11.9 Å². The van der Waals surface area contributed by atoms with Crippen LogP contribution in [-0.4, -0.2) is 18.3 Å². The molecular weight excluding hydrogens is 400 g/mol. The summed E-state index contributed by atoms with van der Waals surface area (Å²) in [6.45, 7) is 1.05. The average Bonchev–Trinajstić information content (AvgIpc) is 2.48. The van der Waals surface area contributed by atoms with Gasteiger partial charge in [-0.15, -0.1) is 0 Å². The number of amides is 1. The van der Waals surface area contributed by atoms with Gasteiger partial charge in [-0.25, -0.2) is 4.39 Å². The second kappa shape index (κ2) is 7.35. The molecule has 0 aliphatic carbocycles. The molecule has 22 heavy (non-hydrogen) atoms. The van der Waals surface area contributed by atoms with Crippen LogP contribution in [0.5, 0.6) is 5.75 Å². The van der Waals surface area contributed by atoms with Crippen LogP contribution in [0.2, 0.25) is 0 Å². The Morgan fingerprint density at radius 2 is 1.95 bits per heavy atom. The van der Waals surface area contributed by atoms with Crippen molar-refractivity contribution in [1.29, 1.82) is 0 Å². The maximum atomic E-state index is 13.2. The summed E-state index contributed by atoms with van der Waals surface area (Å²) in [5, 5.41) is 2.71. The van der Waals surface area contributed by atoms with Crippen LogP contribution >= 0.6 is 22.6 Å². The van der Waals surface area contributed by atoms with Crippen molar-refractivity contribution in [3.8, 4) is 5.75 Å². The monoisotopic (exact) mass is 413 g/mol. The van der Waals surface area contributed by atoms with Crippen molar-refractivity contribution in [3.05, 3.63) is 57.4 Å². The van der Waals surface area contributed by atoms with Crippen molar-refractivity contribution >= 4 is 40.0 Å². The molecule has 0 fully saturated rings. The van der Waals surface area contributed by atoms with Crippen LogP contribution in [0, 0.1) is 9.39 Å². The molecule has 114 valence electrons. The van der Waals surface area contributed by atoms with Gasteiger partial charge in [0, 0.05) is 3.57 Å². The number of rotatable bonds is 5. The summed E-state index contributed by atoms with van der Waals surface area (Å²) >= 11 is 2.11. The molecule has 1 N–H and O–H groups in total. The molecule has 0 saturated heterocycles. The maximum Gasteiger partial charge on any atom is 0.262 e. The molecule has 0 aliphatic heterocycles. The first-order chi connectivity index (χ1) is 10.5. The number of ether oxygens (including phenoxy) is 1. The summed E-state index contributed by atoms with van der Waals surface area (Å²) in [5.41, 5.74) is 0.796. The number of ketones is 1. The molecule has 0 aromatic heterocycles. The lowest BCUT2D eigenvalue weighted by Gasteiger charge is -2.11. The van der Waals surface area contributed by atoms with Gasteiger partial charge in [0.05, 0.1) is 11.3 Å². The Balaban J connectivity index is 2.03. The van der Waals surface area contributed by atoms with Gasteiger partial charge in [0.15, 0.2) is 12.4 Å². The summed E-state index contributed by atoms with van der Waals surface area (Å²) in [6, 6.07) is 10.9. The van der Waals surface area contributed by atoms with Gasteiger partial charge >= 0.3 is 0 Å². The first-order valence-electron chi connectivity index (χ1n) is 6.45. The van der Waals surface area contributed by atoms with Crippen LogP contribution in [0.25, 0.3) is 0 Å². The molecule has 1 amide bonds. The summed E-state index contributed by atoms with van der Waals surface area (Å²) in [6.07, 6.45) is 0. The molecule has 2 rings (SSSR count). The zero-order valence-corrected chi connectivity index (χ0v) is 13.9. The summed E-state index contributed by atoms with van der Waals surface area (Å²) in [7, 11) is 0. The third-order valence-corrected chi connectivity index (χ3v) is 3.77. The number of halogens is 2. The van der Waals surface area contributed by atoms with Gasteiger partial charge in [0.1, 0.15) is 11.6 Å². The van der Waals surface area contributed by atoms with E-state index in [1.54, 1.807) is 6.07 Å². The van der Waals surface area contributed by atoms with Crippen LogP contribution in [0.3, 0.4) is 0 Å². The highest BCUT2D eigenvalue weighted by atomic mass is 127. The number of Topliss-reactive ketones (excluding diaryl/α,β-unsaturated/α-hetero) is 1. The Hall–Kier alpha value is -1.96. The van der Waals surface area contributed by atoms with Gasteiger partial charge in [-0.05, 0) is 59.8 Å². The number of hydrogen-bond acceptors (Lipinski definition) is 3. The minimum Gasteiger partial charge on any atom is -0.483 e. The van der Waals surface area contributed by atoms with Gasteiger partial charge < -0.3 is 10.1 Å². The van der Waals surface area contributed by atoms with Gasteiger partial charge in [-0.3, -0.25) is 9.59 Å². The lowest BCUT2D eigenvalue weighted by molar-refractivity contribution is -0.118. The van der Waals surface area contributed by atoms with Crippen LogP contribution in [0.4, 0.5) is 10.1 Å². The van der Waals surface area contributed by atoms with E-state index in [-0.39, 0.29) is 29.6 Å². The largest absolute Gasteiger partial charge is 0.483 e. The zero-order valence-electron chi connectivity index (χ0n) is 11.7. The lowest BCUT2D eigenvalue weighted by Crippen LogP contribution is -2.21. The molecule has 0 aliphatic rings. The summed E-state index contributed by atoms with van der Waals surface area (Å²) < 4.78 is 19.4. The normalized spacial score (nSPS) is 10.1. The van der Waals surface area contributed by atoms with E-state index in [1.807, 2.05) is 18.2 Å². The Bertz CT molecular complexity index is 718. The van der Waals surface area contributed by atoms with E-state index in [0.717, 1.165) is 9.64 Å². The third kappa shape index (κ3) is 4.27. The van der Waals surface area contributed by atoms with Crippen molar-refractivity contribution in [2.24, 2.45) is 0 Å². The van der Waals surface area contributed by atoms with Gasteiger partial charge in [-0.2, -0.15) is 0 Å². The molecule has 0 radical (unpaired) electrons. The molecular formula is C16H13FINO3. The highest BCUT2D eigenvalue weighted by molar-refractivity contribution is 14.1. The lowest BCUT2D eigenvalue weighted by atomic mass is 10.1. The fraction of sp³-hybridized carbons (Fsp3) is 0.125. The number of para-hydroxylation sites is 1. The molecule has 0 saturated carbocycles. The molecule has 0 atom stereocenters. The Morgan fingerprint density at radius 1 is 1.23 bits per heavy atom. The zero-order chi connectivity index (χ0) is 16.1. The number of hydrogen-bond donors (Lipinski definition) is 1. The summed E-state index contributed by atoms with van der Waals surface area (Å²) in [5.74, 6) is -1.02. The SMILES string of the molecule is CC(=O)c1cc(F)ccc1OCC(=O)Nc1ccccc1I. The van der Waals surface area contributed by atoms with Crippen molar-refractivity contribution in [2.45, 2.75) is 6.92 Å². The predicted octanol–water partition coefficient (Wildman–Crippen LogP) is 3.65. The molecule has 0 unspecified atom stereocenters. The van der Waals surface area contributed by atoms with Gasteiger partial charge in [0.25, 0.3) is 5.91 Å². The Kier molecular flexibility index (Phi) is 5.48. The number of carbonyl (C=O) groups is 2. The van der Waals surface area contributed by atoms with E-state index in [0.29, 0.717) is 5.69 Å². The van der Waals surface area contributed by atoms with Crippen LogP contribution in [0.15, 0.2) is 42.5 Å². The highest BCUT2D eigenvalue weighted by Gasteiger charge is 2.12. The average molecular weight is 413 g/mol. The standard InChI is InChI=1S/C16H13FINO3/c1-10(20)12-8-11(17)6-7-15(12)22-9-16(21)19-14-5-3-2-4-13(14)18/h2-8H,9H2,1H3,(H,19,21). The van der Waals surface area contributed by atoms with E-state index in [4.69, 9.17) is 4.74 Å². The van der Waals surface area contributed by atoms with Crippen LogP contribution < -0.4 is 10.1 Å². The second-order valence-corrected chi connectivity index (χ2v) is 5.68. The van der Waals surface area contributed by atoms with E-state index < -0.39 is 5.82 Å². The van der Waals surface area contributed by atoms with E-state index in [2.05, 4.69) is 27.9 Å². The minimum absolute atomic E-state index is 0.113. The molecule has 2 aromatic rings. The minimum atomic E-state index is -0.527. The van der Waals surface area contributed by atoms with Gasteiger partial charge in [0.2, 0.25) is 0 Å².